The van der Waals surface area contributed by atoms with Gasteiger partial charge in [-0.3, -0.25) is 0 Å². The molecule has 1 aromatic carbocycles. The molecule has 0 atom stereocenters. The number of rotatable bonds is 6. The molecule has 0 heterocycles. The summed E-state index contributed by atoms with van der Waals surface area (Å²) in [6.45, 7) is 4.53. The van der Waals surface area contributed by atoms with Gasteiger partial charge in [-0.15, -0.1) is 0 Å². The number of nitrogens with two attached hydrogens (primary N) is 1. The Balaban J connectivity index is 2.41. The third-order valence-corrected chi connectivity index (χ3v) is 3.67. The summed E-state index contributed by atoms with van der Waals surface area (Å²) in [6.07, 6.45) is 1.61. The van der Waals surface area contributed by atoms with Crippen LogP contribution in [0.2, 0.25) is 0 Å². The second-order valence-corrected chi connectivity index (χ2v) is 5.88. The molecule has 0 aliphatic carbocycles. The maximum absolute atomic E-state index is 13.3. The first kappa shape index (κ1) is 15.8. The molecule has 1 rings (SSSR count). The first-order valence-corrected chi connectivity index (χ1v) is 6.83. The largest absolute Gasteiger partial charge is 0.409 e. The fraction of sp³-hybridized carbons (Fsp3) is 0.462. The Labute approximate surface area is 121 Å². The molecule has 0 aliphatic heterocycles. The van der Waals surface area contributed by atoms with Crippen molar-refractivity contribution in [1.82, 2.24) is 0 Å². The van der Waals surface area contributed by atoms with E-state index in [1.165, 1.54) is 6.07 Å². The van der Waals surface area contributed by atoms with E-state index in [1.807, 2.05) is 19.9 Å². The lowest BCUT2D eigenvalue weighted by Crippen LogP contribution is -2.32. The van der Waals surface area contributed by atoms with Crippen LogP contribution in [0, 0.1) is 11.2 Å². The van der Waals surface area contributed by atoms with Crippen molar-refractivity contribution in [2.75, 3.05) is 11.9 Å². The van der Waals surface area contributed by atoms with Crippen molar-refractivity contribution >= 4 is 27.5 Å². The average Bonchev–Trinajstić information content (AvgIpc) is 2.37. The maximum Gasteiger partial charge on any atom is 0.144 e. The Kier molecular flexibility index (Phi) is 5.60. The third-order valence-electron chi connectivity index (χ3n) is 3.03. The Morgan fingerprint density at radius 3 is 2.79 bits per heavy atom. The number of halogens is 2. The Bertz CT molecular complexity index is 463. The topological polar surface area (TPSA) is 70.6 Å². The Morgan fingerprint density at radius 2 is 2.21 bits per heavy atom. The molecule has 106 valence electrons. The third kappa shape index (κ3) is 4.70. The molecular formula is C13H19BrFN3O. The van der Waals surface area contributed by atoms with Crippen molar-refractivity contribution in [3.63, 3.8) is 0 Å². The van der Waals surface area contributed by atoms with E-state index in [2.05, 4.69) is 26.4 Å². The van der Waals surface area contributed by atoms with Gasteiger partial charge in [-0.05, 0) is 47.0 Å². The molecule has 1 aromatic rings. The van der Waals surface area contributed by atoms with Crippen LogP contribution in [0.4, 0.5) is 10.1 Å². The quantitative estimate of drug-likeness (QED) is 0.245. The molecule has 0 fully saturated rings. The van der Waals surface area contributed by atoms with Gasteiger partial charge >= 0.3 is 0 Å². The minimum atomic E-state index is -0.346. The molecule has 0 aliphatic rings. The van der Waals surface area contributed by atoms with Gasteiger partial charge < -0.3 is 16.3 Å². The Morgan fingerprint density at radius 1 is 1.53 bits per heavy atom. The predicted molar refractivity (Wildman–Crippen MR) is 79.0 cm³/mol. The standard InChI is InChI=1S/C13H19BrFN3O/c1-13(2,12(16)18-19)6-3-7-17-9-4-5-10(14)11(15)8-9/h4-5,8,17,19H,3,6-7H2,1-2H3,(H2,16,18). The van der Waals surface area contributed by atoms with Gasteiger partial charge in [0, 0.05) is 17.6 Å². The molecule has 0 radical (unpaired) electrons. The molecule has 0 amide bonds. The summed E-state index contributed by atoms with van der Waals surface area (Å²) in [5, 5.41) is 14.8. The van der Waals surface area contributed by atoms with E-state index in [0.29, 0.717) is 11.0 Å². The Hall–Kier alpha value is -1.30. The fourth-order valence-electron chi connectivity index (χ4n) is 1.63. The highest BCUT2D eigenvalue weighted by Gasteiger charge is 2.22. The van der Waals surface area contributed by atoms with Crippen LogP contribution in [-0.2, 0) is 0 Å². The van der Waals surface area contributed by atoms with Crippen LogP contribution in [0.25, 0.3) is 0 Å². The second-order valence-electron chi connectivity index (χ2n) is 5.03. The molecule has 0 saturated carbocycles. The molecule has 0 unspecified atom stereocenters. The molecule has 0 bridgehead atoms. The number of hydrogen-bond donors (Lipinski definition) is 3. The minimum absolute atomic E-state index is 0.224. The van der Waals surface area contributed by atoms with Gasteiger partial charge in [0.1, 0.15) is 11.7 Å². The van der Waals surface area contributed by atoms with Gasteiger partial charge in [0.2, 0.25) is 0 Å². The van der Waals surface area contributed by atoms with E-state index >= 15 is 0 Å². The van der Waals surface area contributed by atoms with Crippen molar-refractivity contribution in [2.24, 2.45) is 16.3 Å². The molecule has 0 saturated heterocycles. The van der Waals surface area contributed by atoms with Gasteiger partial charge in [-0.25, -0.2) is 4.39 Å². The minimum Gasteiger partial charge on any atom is -0.409 e. The second kappa shape index (κ2) is 6.75. The lowest BCUT2D eigenvalue weighted by atomic mass is 9.86. The van der Waals surface area contributed by atoms with Crippen LogP contribution in [0.1, 0.15) is 26.7 Å². The van der Waals surface area contributed by atoms with Gasteiger partial charge in [0.25, 0.3) is 0 Å². The van der Waals surface area contributed by atoms with E-state index < -0.39 is 0 Å². The molecule has 4 nitrogen and oxygen atoms in total. The number of benzene rings is 1. The number of oxime groups is 1. The van der Waals surface area contributed by atoms with E-state index in [9.17, 15) is 4.39 Å². The lowest BCUT2D eigenvalue weighted by Gasteiger charge is -2.22. The maximum atomic E-state index is 13.3. The zero-order valence-electron chi connectivity index (χ0n) is 11.1. The van der Waals surface area contributed by atoms with Gasteiger partial charge in [0.15, 0.2) is 0 Å². The van der Waals surface area contributed by atoms with Crippen LogP contribution < -0.4 is 11.1 Å². The fourth-order valence-corrected chi connectivity index (χ4v) is 1.88. The highest BCUT2D eigenvalue weighted by Crippen LogP contribution is 2.23. The average molecular weight is 332 g/mol. The molecule has 6 heteroatoms. The predicted octanol–water partition coefficient (Wildman–Crippen LogP) is 3.55. The summed E-state index contributed by atoms with van der Waals surface area (Å²) in [7, 11) is 0. The summed E-state index contributed by atoms with van der Waals surface area (Å²) in [5.41, 5.74) is 6.00. The molecule has 4 N–H and O–H groups in total. The van der Waals surface area contributed by atoms with Crippen LogP contribution >= 0.6 is 15.9 Å². The van der Waals surface area contributed by atoms with Gasteiger partial charge in [-0.2, -0.15) is 0 Å². The van der Waals surface area contributed by atoms with E-state index in [0.717, 1.165) is 18.5 Å². The number of amidine groups is 1. The first-order valence-electron chi connectivity index (χ1n) is 6.04. The molecule has 0 spiro atoms. The highest BCUT2D eigenvalue weighted by atomic mass is 79.9. The zero-order valence-corrected chi connectivity index (χ0v) is 12.7. The van der Waals surface area contributed by atoms with Crippen molar-refractivity contribution in [2.45, 2.75) is 26.7 Å². The van der Waals surface area contributed by atoms with Crippen LogP contribution in [0.5, 0.6) is 0 Å². The first-order chi connectivity index (χ1) is 8.86. The van der Waals surface area contributed by atoms with Gasteiger partial charge in [-0.1, -0.05) is 19.0 Å². The summed E-state index contributed by atoms with van der Waals surface area (Å²) < 4.78 is 13.7. The zero-order chi connectivity index (χ0) is 14.5. The van der Waals surface area contributed by atoms with Crippen molar-refractivity contribution in [3.05, 3.63) is 28.5 Å². The summed E-state index contributed by atoms with van der Waals surface area (Å²) in [4.78, 5) is 0. The van der Waals surface area contributed by atoms with Gasteiger partial charge in [0.05, 0.1) is 4.47 Å². The monoisotopic (exact) mass is 331 g/mol. The normalized spacial score (nSPS) is 12.5. The van der Waals surface area contributed by atoms with Crippen LogP contribution in [-0.4, -0.2) is 17.6 Å². The van der Waals surface area contributed by atoms with Crippen LogP contribution in [0.15, 0.2) is 27.8 Å². The van der Waals surface area contributed by atoms with E-state index in [4.69, 9.17) is 10.9 Å². The van der Waals surface area contributed by atoms with Crippen molar-refractivity contribution in [1.29, 1.82) is 0 Å². The molecule has 0 aromatic heterocycles. The smallest absolute Gasteiger partial charge is 0.144 e. The van der Waals surface area contributed by atoms with Crippen molar-refractivity contribution in [3.8, 4) is 0 Å². The van der Waals surface area contributed by atoms with Crippen molar-refractivity contribution < 1.29 is 9.60 Å². The highest BCUT2D eigenvalue weighted by molar-refractivity contribution is 9.10. The molecule has 19 heavy (non-hydrogen) atoms. The summed E-state index contributed by atoms with van der Waals surface area (Å²) >= 11 is 3.11. The summed E-state index contributed by atoms with van der Waals surface area (Å²) in [5.74, 6) is -0.0656. The number of nitrogens with one attached hydrogen (secondary N) is 1. The van der Waals surface area contributed by atoms with E-state index in [-0.39, 0.29) is 17.1 Å². The summed E-state index contributed by atoms with van der Waals surface area (Å²) in [6, 6.07) is 4.92. The SMILES string of the molecule is CC(C)(CCCNc1ccc(Br)c(F)c1)C(N)=NO. The number of anilines is 1. The van der Waals surface area contributed by atoms with E-state index in [1.54, 1.807) is 6.07 Å². The number of nitrogens with zero attached hydrogens (tertiary/aromatic N) is 1. The van der Waals surface area contributed by atoms with Crippen LogP contribution in [0.3, 0.4) is 0 Å². The number of hydrogen-bond acceptors (Lipinski definition) is 3. The lowest BCUT2D eigenvalue weighted by molar-refractivity contribution is 0.305. The molecular weight excluding hydrogens is 313 g/mol.